The minimum absolute atomic E-state index is 0.122. The number of aryl methyl sites for hydroxylation is 1. The molecule has 8 nitrogen and oxygen atoms in total. The third kappa shape index (κ3) is 5.67. The second kappa shape index (κ2) is 10.4. The van der Waals surface area contributed by atoms with Gasteiger partial charge < -0.3 is 33.2 Å². The van der Waals surface area contributed by atoms with Gasteiger partial charge in [-0.25, -0.2) is 0 Å². The van der Waals surface area contributed by atoms with Crippen LogP contribution in [0.1, 0.15) is 55.6 Å². The topological polar surface area (TPSA) is 81.7 Å². The molecule has 2 saturated heterocycles. The van der Waals surface area contributed by atoms with E-state index in [0.29, 0.717) is 35.0 Å². The molecule has 0 unspecified atom stereocenters. The Labute approximate surface area is 212 Å². The molecule has 8 heteroatoms. The fourth-order valence-electron chi connectivity index (χ4n) is 4.79. The van der Waals surface area contributed by atoms with E-state index in [2.05, 4.69) is 0 Å². The third-order valence-electron chi connectivity index (χ3n) is 6.48. The maximum Gasteiger partial charge on any atom is 0.203 e. The van der Waals surface area contributed by atoms with Crippen LogP contribution in [-0.2, 0) is 25.4 Å². The van der Waals surface area contributed by atoms with Crippen LogP contribution in [0.25, 0.3) is 0 Å². The number of ether oxygens (including phenoxy) is 7. The van der Waals surface area contributed by atoms with E-state index in [4.69, 9.17) is 33.2 Å². The first kappa shape index (κ1) is 26.4. The Hall–Kier alpha value is -2.65. The van der Waals surface area contributed by atoms with E-state index in [1.54, 1.807) is 12.1 Å². The molecular weight excluding hydrogens is 464 g/mol. The number of ketones is 1. The second-order valence-corrected chi connectivity index (χ2v) is 9.98. The monoisotopic (exact) mass is 500 g/mol. The van der Waals surface area contributed by atoms with Crippen LogP contribution in [-0.4, -0.2) is 63.6 Å². The summed E-state index contributed by atoms with van der Waals surface area (Å²) in [5, 5.41) is 0. The molecule has 0 N–H and O–H groups in total. The predicted molar refractivity (Wildman–Crippen MR) is 133 cm³/mol. The van der Waals surface area contributed by atoms with E-state index in [1.807, 2.05) is 52.0 Å². The van der Waals surface area contributed by atoms with Crippen LogP contribution in [0.5, 0.6) is 17.2 Å². The van der Waals surface area contributed by atoms with Gasteiger partial charge in [-0.2, -0.15) is 0 Å². The summed E-state index contributed by atoms with van der Waals surface area (Å²) in [7, 11) is 4.58. The minimum atomic E-state index is -0.678. The lowest BCUT2D eigenvalue weighted by molar-refractivity contribution is -0.174. The van der Waals surface area contributed by atoms with Gasteiger partial charge in [-0.15, -0.1) is 0 Å². The highest BCUT2D eigenvalue weighted by atomic mass is 16.8. The van der Waals surface area contributed by atoms with Crippen LogP contribution in [0.3, 0.4) is 0 Å². The largest absolute Gasteiger partial charge is 0.493 e. The van der Waals surface area contributed by atoms with Gasteiger partial charge in [0.1, 0.15) is 12.2 Å². The molecular formula is C28H36O8. The average molecular weight is 501 g/mol. The van der Waals surface area contributed by atoms with Gasteiger partial charge >= 0.3 is 0 Å². The molecule has 36 heavy (non-hydrogen) atoms. The molecule has 196 valence electrons. The molecule has 0 aliphatic carbocycles. The third-order valence-corrected chi connectivity index (χ3v) is 6.48. The summed E-state index contributed by atoms with van der Waals surface area (Å²) in [6, 6.07) is 10.9. The lowest BCUT2D eigenvalue weighted by Gasteiger charge is -2.23. The van der Waals surface area contributed by atoms with E-state index in [9.17, 15) is 4.79 Å². The van der Waals surface area contributed by atoms with Gasteiger partial charge in [0.25, 0.3) is 0 Å². The van der Waals surface area contributed by atoms with Crippen LogP contribution >= 0.6 is 0 Å². The summed E-state index contributed by atoms with van der Waals surface area (Å²) in [6.07, 6.45) is 1.03. The van der Waals surface area contributed by atoms with Gasteiger partial charge in [-0.1, -0.05) is 24.3 Å². The molecule has 0 amide bonds. The molecule has 0 spiro atoms. The van der Waals surface area contributed by atoms with Crippen molar-refractivity contribution in [2.24, 2.45) is 0 Å². The SMILES string of the molecule is COc1cc(C(=O)c2ccc(CC[C@H]3OC(C)(C)O[C@@H]3[C@H]3COC(C)(C)O3)cc2)cc(OC)c1OC. The number of hydrogen-bond acceptors (Lipinski definition) is 8. The Morgan fingerprint density at radius 3 is 2.03 bits per heavy atom. The zero-order valence-electron chi connectivity index (χ0n) is 22.1. The average Bonchev–Trinajstić information content (AvgIpc) is 3.38. The summed E-state index contributed by atoms with van der Waals surface area (Å²) in [5.41, 5.74) is 2.14. The first-order chi connectivity index (χ1) is 17.1. The van der Waals surface area contributed by atoms with Crippen LogP contribution < -0.4 is 14.2 Å². The standard InChI is InChI=1S/C28H36O8/c1-27(2)33-16-23(35-27)26-20(34-28(3,4)36-26)13-10-17-8-11-18(12-9-17)24(29)19-14-21(30-5)25(32-7)22(15-19)31-6/h8-9,11-12,14-15,20,23,26H,10,13,16H2,1-7H3/t20-,23-,26+/m1/s1. The van der Waals surface area contributed by atoms with Crippen molar-refractivity contribution in [2.45, 2.75) is 70.4 Å². The Kier molecular flexibility index (Phi) is 7.61. The fraction of sp³-hybridized carbons (Fsp3) is 0.536. The molecule has 2 heterocycles. The van der Waals surface area contributed by atoms with E-state index in [-0.39, 0.29) is 24.1 Å². The van der Waals surface area contributed by atoms with Gasteiger partial charge in [-0.05, 0) is 58.2 Å². The van der Waals surface area contributed by atoms with Crippen molar-refractivity contribution in [2.75, 3.05) is 27.9 Å². The fourth-order valence-corrected chi connectivity index (χ4v) is 4.79. The maximum atomic E-state index is 13.2. The van der Waals surface area contributed by atoms with Gasteiger partial charge in [0, 0.05) is 11.1 Å². The molecule has 2 aliphatic rings. The second-order valence-electron chi connectivity index (χ2n) is 9.98. The number of benzene rings is 2. The van der Waals surface area contributed by atoms with Crippen LogP contribution in [0.15, 0.2) is 36.4 Å². The molecule has 4 rings (SSSR count). The highest BCUT2D eigenvalue weighted by Crippen LogP contribution is 2.39. The zero-order valence-corrected chi connectivity index (χ0v) is 22.1. The molecule has 2 aliphatic heterocycles. The van der Waals surface area contributed by atoms with Crippen LogP contribution in [0.4, 0.5) is 0 Å². The highest BCUT2D eigenvalue weighted by molar-refractivity contribution is 6.09. The Morgan fingerprint density at radius 2 is 1.50 bits per heavy atom. The lowest BCUT2D eigenvalue weighted by Crippen LogP contribution is -2.38. The summed E-state index contributed by atoms with van der Waals surface area (Å²) in [5.74, 6) is -0.102. The summed E-state index contributed by atoms with van der Waals surface area (Å²) < 4.78 is 40.3. The highest BCUT2D eigenvalue weighted by Gasteiger charge is 2.49. The first-order valence-electron chi connectivity index (χ1n) is 12.2. The lowest BCUT2D eigenvalue weighted by atomic mass is 9.97. The quantitative estimate of drug-likeness (QED) is 0.464. The molecule has 0 bridgehead atoms. The van der Waals surface area contributed by atoms with Crippen molar-refractivity contribution in [3.63, 3.8) is 0 Å². The smallest absolute Gasteiger partial charge is 0.203 e. The summed E-state index contributed by atoms with van der Waals surface area (Å²) >= 11 is 0. The van der Waals surface area contributed by atoms with Crippen molar-refractivity contribution in [3.05, 3.63) is 53.1 Å². The number of carbonyl (C=O) groups excluding carboxylic acids is 1. The molecule has 0 aromatic heterocycles. The summed E-state index contributed by atoms with van der Waals surface area (Å²) in [6.45, 7) is 8.13. The van der Waals surface area contributed by atoms with Gasteiger partial charge in [0.2, 0.25) is 5.75 Å². The van der Waals surface area contributed by atoms with E-state index in [1.165, 1.54) is 21.3 Å². The summed E-state index contributed by atoms with van der Waals surface area (Å²) in [4.78, 5) is 13.2. The Balaban J connectivity index is 1.43. The number of rotatable bonds is 9. The molecule has 3 atom stereocenters. The molecule has 0 radical (unpaired) electrons. The van der Waals surface area contributed by atoms with Crippen LogP contribution in [0, 0.1) is 0 Å². The molecule has 2 fully saturated rings. The van der Waals surface area contributed by atoms with Crippen molar-refractivity contribution < 1.29 is 38.0 Å². The Morgan fingerprint density at radius 1 is 0.861 bits per heavy atom. The maximum absolute atomic E-state index is 13.2. The minimum Gasteiger partial charge on any atom is -0.493 e. The Bertz CT molecular complexity index is 1050. The van der Waals surface area contributed by atoms with Gasteiger partial charge in [0.05, 0.1) is 34.0 Å². The van der Waals surface area contributed by atoms with Crippen molar-refractivity contribution >= 4 is 5.78 Å². The van der Waals surface area contributed by atoms with E-state index >= 15 is 0 Å². The normalized spacial score (nSPS) is 24.5. The van der Waals surface area contributed by atoms with Crippen molar-refractivity contribution in [1.29, 1.82) is 0 Å². The van der Waals surface area contributed by atoms with E-state index in [0.717, 1.165) is 18.4 Å². The molecule has 2 aromatic carbocycles. The number of methoxy groups -OCH3 is 3. The predicted octanol–water partition coefficient (Wildman–Crippen LogP) is 4.55. The van der Waals surface area contributed by atoms with E-state index < -0.39 is 11.6 Å². The van der Waals surface area contributed by atoms with Gasteiger partial charge in [-0.3, -0.25) is 4.79 Å². The van der Waals surface area contributed by atoms with Crippen molar-refractivity contribution in [1.82, 2.24) is 0 Å². The number of hydrogen-bond donors (Lipinski definition) is 0. The van der Waals surface area contributed by atoms with Crippen LogP contribution in [0.2, 0.25) is 0 Å². The van der Waals surface area contributed by atoms with Crippen molar-refractivity contribution in [3.8, 4) is 17.2 Å². The van der Waals surface area contributed by atoms with Gasteiger partial charge in [0.15, 0.2) is 28.9 Å². The molecule has 2 aromatic rings. The first-order valence-corrected chi connectivity index (χ1v) is 12.2. The number of carbonyl (C=O) groups is 1. The zero-order chi connectivity index (χ0) is 26.1. The molecule has 0 saturated carbocycles.